The van der Waals surface area contributed by atoms with Gasteiger partial charge in [-0.15, -0.1) is 0 Å². The maximum Gasteiger partial charge on any atom is 0.267 e. The standard InChI is InChI=1S/C15H11BrN4O/c16-12-3-5-13(6-4-12)20-15(21)11(8-17)9-19-14-2-1-7-18-10-14/h1-7,9-10,19H,(H,20,21)/b11-9-. The summed E-state index contributed by atoms with van der Waals surface area (Å²) < 4.78 is 0.912. The summed E-state index contributed by atoms with van der Waals surface area (Å²) >= 11 is 3.31. The highest BCUT2D eigenvalue weighted by Crippen LogP contribution is 2.15. The minimum Gasteiger partial charge on any atom is -0.359 e. The average Bonchev–Trinajstić information content (AvgIpc) is 2.51. The van der Waals surface area contributed by atoms with E-state index in [1.54, 1.807) is 48.8 Å². The summed E-state index contributed by atoms with van der Waals surface area (Å²) in [4.78, 5) is 15.9. The summed E-state index contributed by atoms with van der Waals surface area (Å²) in [6.07, 6.45) is 4.59. The number of nitriles is 1. The quantitative estimate of drug-likeness (QED) is 0.660. The lowest BCUT2D eigenvalue weighted by Crippen LogP contribution is -2.14. The molecule has 21 heavy (non-hydrogen) atoms. The summed E-state index contributed by atoms with van der Waals surface area (Å²) in [6.45, 7) is 0. The first-order valence-electron chi connectivity index (χ1n) is 6.03. The molecule has 0 aliphatic heterocycles. The fraction of sp³-hybridized carbons (Fsp3) is 0. The lowest BCUT2D eigenvalue weighted by atomic mass is 10.2. The van der Waals surface area contributed by atoms with Gasteiger partial charge >= 0.3 is 0 Å². The Hall–Kier alpha value is -2.65. The number of nitrogens with one attached hydrogen (secondary N) is 2. The SMILES string of the molecule is N#C/C(=C/Nc1cccnc1)C(=O)Nc1ccc(Br)cc1. The predicted molar refractivity (Wildman–Crippen MR) is 84.3 cm³/mol. The molecule has 0 bridgehead atoms. The van der Waals surface area contributed by atoms with Crippen LogP contribution in [0.5, 0.6) is 0 Å². The normalized spacial score (nSPS) is 10.6. The lowest BCUT2D eigenvalue weighted by Gasteiger charge is -2.05. The third-order valence-corrected chi connectivity index (χ3v) is 3.04. The van der Waals surface area contributed by atoms with Crippen LogP contribution in [0.2, 0.25) is 0 Å². The van der Waals surface area contributed by atoms with Crippen molar-refractivity contribution in [3.63, 3.8) is 0 Å². The van der Waals surface area contributed by atoms with Gasteiger partial charge in [0.15, 0.2) is 0 Å². The molecule has 0 saturated heterocycles. The van der Waals surface area contributed by atoms with Gasteiger partial charge in [0.05, 0.1) is 11.9 Å². The van der Waals surface area contributed by atoms with Crippen molar-refractivity contribution >= 4 is 33.2 Å². The Balaban J connectivity index is 2.05. The molecule has 0 aliphatic carbocycles. The van der Waals surface area contributed by atoms with Crippen LogP contribution in [-0.4, -0.2) is 10.9 Å². The first-order chi connectivity index (χ1) is 10.2. The summed E-state index contributed by atoms with van der Waals surface area (Å²) in [6, 6.07) is 12.5. The second kappa shape index (κ2) is 7.22. The first kappa shape index (κ1) is 14.8. The van der Waals surface area contributed by atoms with Crippen LogP contribution in [0.1, 0.15) is 0 Å². The number of carbonyl (C=O) groups excluding carboxylic acids is 1. The Morgan fingerprint density at radius 2 is 2.00 bits per heavy atom. The van der Waals surface area contributed by atoms with E-state index in [0.717, 1.165) is 4.47 Å². The lowest BCUT2D eigenvalue weighted by molar-refractivity contribution is -0.112. The van der Waals surface area contributed by atoms with Gasteiger partial charge in [0.25, 0.3) is 5.91 Å². The minimum atomic E-state index is -0.476. The molecule has 6 heteroatoms. The number of rotatable bonds is 4. The van der Waals surface area contributed by atoms with E-state index >= 15 is 0 Å². The van der Waals surface area contributed by atoms with Crippen LogP contribution >= 0.6 is 15.9 Å². The van der Waals surface area contributed by atoms with E-state index in [0.29, 0.717) is 11.4 Å². The highest BCUT2D eigenvalue weighted by molar-refractivity contribution is 9.10. The molecular weight excluding hydrogens is 332 g/mol. The van der Waals surface area contributed by atoms with E-state index < -0.39 is 5.91 Å². The number of anilines is 2. The topological polar surface area (TPSA) is 77.8 Å². The van der Waals surface area contributed by atoms with Gasteiger partial charge in [0.2, 0.25) is 0 Å². The van der Waals surface area contributed by atoms with Crippen LogP contribution in [0.15, 0.2) is 65.0 Å². The molecule has 0 aliphatic rings. The van der Waals surface area contributed by atoms with E-state index in [-0.39, 0.29) is 5.57 Å². The molecule has 2 rings (SSSR count). The van der Waals surface area contributed by atoms with Crippen molar-refractivity contribution in [3.05, 3.63) is 65.0 Å². The molecule has 1 aromatic carbocycles. The number of hydrogen-bond acceptors (Lipinski definition) is 4. The summed E-state index contributed by atoms with van der Waals surface area (Å²) in [5.74, 6) is -0.476. The summed E-state index contributed by atoms with van der Waals surface area (Å²) in [7, 11) is 0. The maximum absolute atomic E-state index is 12.0. The number of pyridine rings is 1. The van der Waals surface area contributed by atoms with Crippen molar-refractivity contribution in [1.82, 2.24) is 4.98 Å². The Morgan fingerprint density at radius 3 is 2.62 bits per heavy atom. The van der Waals surface area contributed by atoms with Crippen molar-refractivity contribution in [2.24, 2.45) is 0 Å². The van der Waals surface area contributed by atoms with Crippen molar-refractivity contribution in [2.75, 3.05) is 10.6 Å². The highest BCUT2D eigenvalue weighted by atomic mass is 79.9. The molecule has 0 radical (unpaired) electrons. The largest absolute Gasteiger partial charge is 0.359 e. The first-order valence-corrected chi connectivity index (χ1v) is 6.82. The second-order valence-corrected chi connectivity index (χ2v) is 4.93. The Morgan fingerprint density at radius 1 is 1.24 bits per heavy atom. The number of carbonyl (C=O) groups is 1. The predicted octanol–water partition coefficient (Wildman–Crippen LogP) is 3.30. The molecule has 1 heterocycles. The van der Waals surface area contributed by atoms with Gasteiger partial charge in [-0.3, -0.25) is 9.78 Å². The zero-order chi connectivity index (χ0) is 15.1. The number of hydrogen-bond donors (Lipinski definition) is 2. The van der Waals surface area contributed by atoms with Crippen LogP contribution in [0.3, 0.4) is 0 Å². The van der Waals surface area contributed by atoms with Crippen LogP contribution in [0, 0.1) is 11.3 Å². The number of nitrogens with zero attached hydrogens (tertiary/aromatic N) is 2. The fourth-order valence-corrected chi connectivity index (χ4v) is 1.75. The molecule has 0 unspecified atom stereocenters. The van der Waals surface area contributed by atoms with Crippen LogP contribution in [-0.2, 0) is 4.79 Å². The van der Waals surface area contributed by atoms with Gasteiger partial charge in [0, 0.05) is 22.6 Å². The smallest absolute Gasteiger partial charge is 0.267 e. The fourth-order valence-electron chi connectivity index (χ4n) is 1.48. The zero-order valence-electron chi connectivity index (χ0n) is 10.9. The van der Waals surface area contributed by atoms with Gasteiger partial charge in [-0.25, -0.2) is 0 Å². The zero-order valence-corrected chi connectivity index (χ0v) is 12.5. The monoisotopic (exact) mass is 342 g/mol. The Kier molecular flexibility index (Phi) is 5.07. The Labute approximate surface area is 130 Å². The molecule has 0 saturated carbocycles. The molecule has 0 atom stereocenters. The highest BCUT2D eigenvalue weighted by Gasteiger charge is 2.09. The third-order valence-electron chi connectivity index (χ3n) is 2.51. The van der Waals surface area contributed by atoms with Gasteiger partial charge in [0.1, 0.15) is 11.6 Å². The van der Waals surface area contributed by atoms with E-state index in [4.69, 9.17) is 5.26 Å². The second-order valence-electron chi connectivity index (χ2n) is 4.02. The average molecular weight is 343 g/mol. The van der Waals surface area contributed by atoms with Crippen LogP contribution in [0.25, 0.3) is 0 Å². The molecule has 0 spiro atoms. The molecule has 1 amide bonds. The van der Waals surface area contributed by atoms with E-state index in [1.165, 1.54) is 6.20 Å². The van der Waals surface area contributed by atoms with Crippen molar-refractivity contribution < 1.29 is 4.79 Å². The van der Waals surface area contributed by atoms with E-state index in [2.05, 4.69) is 31.5 Å². The molecule has 104 valence electrons. The molecule has 0 fully saturated rings. The summed E-state index contributed by atoms with van der Waals surface area (Å²) in [5, 5.41) is 14.6. The van der Waals surface area contributed by atoms with Gasteiger partial charge < -0.3 is 10.6 Å². The molecule has 2 aromatic rings. The minimum absolute atomic E-state index is 0.0261. The number of halogens is 1. The van der Waals surface area contributed by atoms with Crippen molar-refractivity contribution in [3.8, 4) is 6.07 Å². The number of amides is 1. The van der Waals surface area contributed by atoms with Gasteiger partial charge in [-0.2, -0.15) is 5.26 Å². The Bertz CT molecular complexity index is 690. The molecule has 2 N–H and O–H groups in total. The molecule has 1 aromatic heterocycles. The number of benzene rings is 1. The van der Waals surface area contributed by atoms with Gasteiger partial charge in [-0.05, 0) is 36.4 Å². The van der Waals surface area contributed by atoms with E-state index in [1.807, 2.05) is 6.07 Å². The van der Waals surface area contributed by atoms with E-state index in [9.17, 15) is 4.79 Å². The van der Waals surface area contributed by atoms with Crippen molar-refractivity contribution in [2.45, 2.75) is 0 Å². The van der Waals surface area contributed by atoms with Crippen molar-refractivity contribution in [1.29, 1.82) is 5.26 Å². The maximum atomic E-state index is 12.0. The third kappa shape index (κ3) is 4.44. The van der Waals surface area contributed by atoms with Gasteiger partial charge in [-0.1, -0.05) is 15.9 Å². The molecular formula is C15H11BrN4O. The van der Waals surface area contributed by atoms with Crippen LogP contribution in [0.4, 0.5) is 11.4 Å². The summed E-state index contributed by atoms with van der Waals surface area (Å²) in [5.41, 5.74) is 1.29. The molecule has 5 nitrogen and oxygen atoms in total. The number of aromatic nitrogens is 1. The van der Waals surface area contributed by atoms with Crippen LogP contribution < -0.4 is 10.6 Å².